The fourth-order valence-corrected chi connectivity index (χ4v) is 5.69. The van der Waals surface area contributed by atoms with E-state index in [1.54, 1.807) is 33.1 Å². The number of nitrogens with zero attached hydrogens (tertiary/aromatic N) is 3. The van der Waals surface area contributed by atoms with Crippen LogP contribution < -0.4 is 4.74 Å². The minimum atomic E-state index is -3.78. The Morgan fingerprint density at radius 1 is 1.14 bits per heavy atom. The van der Waals surface area contributed by atoms with Crippen molar-refractivity contribution in [2.24, 2.45) is 5.11 Å². The van der Waals surface area contributed by atoms with E-state index < -0.39 is 27.8 Å². The average molecular weight is 444 g/mol. The molecule has 1 aromatic rings. The van der Waals surface area contributed by atoms with Gasteiger partial charge in [-0.1, -0.05) is 38.0 Å². The zero-order valence-corrected chi connectivity index (χ0v) is 20.6. The van der Waals surface area contributed by atoms with E-state index in [1.807, 2.05) is 12.1 Å². The van der Waals surface area contributed by atoms with Gasteiger partial charge in [-0.25, -0.2) is 0 Å². The van der Waals surface area contributed by atoms with Crippen LogP contribution in [0.3, 0.4) is 0 Å². The average Bonchev–Trinajstić information content (AvgIpc) is 2.64. The van der Waals surface area contributed by atoms with Crippen LogP contribution in [0, 0.1) is 0 Å². The SMILES string of the molecule is CCOP(=O)(OCC)[C@@H](N=[N+]=[N-])[C@@H](O[Si](C)(C)C(C)(C)C)c1ccc(OC)cc1. The molecule has 0 aliphatic carbocycles. The highest BCUT2D eigenvalue weighted by Gasteiger charge is 2.47. The lowest BCUT2D eigenvalue weighted by atomic mass is 10.1. The van der Waals surface area contributed by atoms with Crippen molar-refractivity contribution in [2.45, 2.75) is 64.6 Å². The maximum Gasteiger partial charge on any atom is 0.342 e. The third-order valence-electron chi connectivity index (χ3n) is 5.05. The molecule has 1 rings (SSSR count). The molecule has 0 radical (unpaired) electrons. The number of ether oxygens (including phenoxy) is 1. The van der Waals surface area contributed by atoms with Gasteiger partial charge in [-0.2, -0.15) is 0 Å². The third kappa shape index (κ3) is 6.57. The van der Waals surface area contributed by atoms with Gasteiger partial charge in [0.25, 0.3) is 0 Å². The first-order valence-corrected chi connectivity index (χ1v) is 14.2. The highest BCUT2D eigenvalue weighted by atomic mass is 31.2. The summed E-state index contributed by atoms with van der Waals surface area (Å²) >= 11 is 0. The van der Waals surface area contributed by atoms with E-state index in [0.717, 1.165) is 0 Å². The fraction of sp³-hybridized carbons (Fsp3) is 0.684. The Morgan fingerprint density at radius 3 is 2.03 bits per heavy atom. The van der Waals surface area contributed by atoms with E-state index in [-0.39, 0.29) is 18.3 Å². The molecule has 0 spiro atoms. The Bertz CT molecular complexity index is 735. The highest BCUT2D eigenvalue weighted by molar-refractivity contribution is 7.54. The van der Waals surface area contributed by atoms with E-state index in [0.29, 0.717) is 11.3 Å². The molecule has 29 heavy (non-hydrogen) atoms. The van der Waals surface area contributed by atoms with Crippen molar-refractivity contribution in [1.82, 2.24) is 0 Å². The second kappa shape index (κ2) is 10.6. The Balaban J connectivity index is 3.59. The van der Waals surface area contributed by atoms with E-state index in [2.05, 4.69) is 43.9 Å². The monoisotopic (exact) mass is 443 g/mol. The van der Waals surface area contributed by atoms with Crippen molar-refractivity contribution in [3.63, 3.8) is 0 Å². The lowest BCUT2D eigenvalue weighted by molar-refractivity contribution is 0.146. The normalized spacial score (nSPS) is 14.8. The Kier molecular flexibility index (Phi) is 9.41. The topological polar surface area (TPSA) is 103 Å². The van der Waals surface area contributed by atoms with Crippen molar-refractivity contribution in [2.75, 3.05) is 20.3 Å². The van der Waals surface area contributed by atoms with Crippen molar-refractivity contribution in [3.05, 3.63) is 40.3 Å². The summed E-state index contributed by atoms with van der Waals surface area (Å²) in [7, 11) is -4.53. The molecule has 0 saturated carbocycles. The molecule has 0 unspecified atom stereocenters. The molecule has 0 bridgehead atoms. The zero-order valence-electron chi connectivity index (χ0n) is 18.7. The fourth-order valence-electron chi connectivity index (χ4n) is 2.48. The summed E-state index contributed by atoms with van der Waals surface area (Å²) in [4.78, 5) is 2.94. The van der Waals surface area contributed by atoms with Gasteiger partial charge in [0.2, 0.25) is 0 Å². The molecule has 0 aromatic heterocycles. The van der Waals surface area contributed by atoms with Crippen LogP contribution in [0.5, 0.6) is 5.75 Å². The van der Waals surface area contributed by atoms with E-state index in [9.17, 15) is 10.1 Å². The van der Waals surface area contributed by atoms with E-state index >= 15 is 0 Å². The van der Waals surface area contributed by atoms with E-state index in [1.165, 1.54) is 0 Å². The third-order valence-corrected chi connectivity index (χ3v) is 11.8. The van der Waals surface area contributed by atoms with Crippen molar-refractivity contribution in [3.8, 4) is 5.75 Å². The van der Waals surface area contributed by atoms with Gasteiger partial charge >= 0.3 is 7.60 Å². The summed E-state index contributed by atoms with van der Waals surface area (Å²) in [6.45, 7) is 14.2. The van der Waals surface area contributed by atoms with Gasteiger partial charge in [-0.3, -0.25) is 4.57 Å². The van der Waals surface area contributed by atoms with Crippen LogP contribution in [0.2, 0.25) is 18.1 Å². The molecule has 0 fully saturated rings. The standard InChI is InChI=1S/C19H34N3O5PSi/c1-9-25-28(23,26-10-2)18(21-22-20)17(27-29(7,8)19(3,4)5)15-11-13-16(24-6)14-12-15/h11-14,17-18H,9-10H2,1-8H3/t17-,18+/m0/s1. The lowest BCUT2D eigenvalue weighted by Gasteiger charge is -2.41. The first kappa shape index (κ1) is 25.7. The molecule has 10 heteroatoms. The first-order chi connectivity index (χ1) is 13.5. The van der Waals surface area contributed by atoms with Crippen LogP contribution in [0.1, 0.15) is 46.3 Å². The Morgan fingerprint density at radius 2 is 1.66 bits per heavy atom. The minimum absolute atomic E-state index is 0.111. The van der Waals surface area contributed by atoms with Gasteiger partial charge in [0, 0.05) is 4.91 Å². The van der Waals surface area contributed by atoms with Gasteiger partial charge < -0.3 is 18.2 Å². The number of benzene rings is 1. The number of rotatable bonds is 11. The van der Waals surface area contributed by atoms with Crippen LogP contribution in [0.15, 0.2) is 29.4 Å². The number of methoxy groups -OCH3 is 1. The summed E-state index contributed by atoms with van der Waals surface area (Å²) in [5.74, 6) is -0.479. The molecular formula is C19H34N3O5PSi. The molecule has 0 aliphatic heterocycles. The van der Waals surface area contributed by atoms with Crippen molar-refractivity contribution >= 4 is 15.9 Å². The van der Waals surface area contributed by atoms with Gasteiger partial charge in [-0.15, -0.1) is 0 Å². The Labute approximate surface area is 175 Å². The van der Waals surface area contributed by atoms with Gasteiger partial charge in [-0.05, 0) is 55.2 Å². The quantitative estimate of drug-likeness (QED) is 0.125. The molecule has 0 saturated heterocycles. The summed E-state index contributed by atoms with van der Waals surface area (Å²) in [6, 6.07) is 7.21. The summed E-state index contributed by atoms with van der Waals surface area (Å²) in [5.41, 5.74) is 9.95. The number of hydrogen-bond donors (Lipinski definition) is 0. The van der Waals surface area contributed by atoms with E-state index in [4.69, 9.17) is 18.2 Å². The smallest absolute Gasteiger partial charge is 0.342 e. The minimum Gasteiger partial charge on any atom is -0.497 e. The lowest BCUT2D eigenvalue weighted by Crippen LogP contribution is -2.43. The number of hydrogen-bond acceptors (Lipinski definition) is 6. The first-order valence-electron chi connectivity index (χ1n) is 9.70. The predicted molar refractivity (Wildman–Crippen MR) is 118 cm³/mol. The van der Waals surface area contributed by atoms with Crippen LogP contribution >= 0.6 is 7.60 Å². The molecule has 0 heterocycles. The molecule has 0 aliphatic rings. The maximum absolute atomic E-state index is 13.6. The Hall–Kier alpha value is -1.34. The molecule has 8 nitrogen and oxygen atoms in total. The molecule has 2 atom stereocenters. The van der Waals surface area contributed by atoms with Crippen molar-refractivity contribution < 1.29 is 22.8 Å². The molecule has 1 aromatic carbocycles. The molecule has 0 amide bonds. The molecule has 164 valence electrons. The van der Waals surface area contributed by atoms with Crippen LogP contribution in [0.4, 0.5) is 0 Å². The zero-order chi connectivity index (χ0) is 22.3. The van der Waals surface area contributed by atoms with Crippen LogP contribution in [-0.4, -0.2) is 34.4 Å². The summed E-state index contributed by atoms with van der Waals surface area (Å²) < 4.78 is 36.5. The van der Waals surface area contributed by atoms with Gasteiger partial charge in [0.05, 0.1) is 26.4 Å². The number of azide groups is 1. The highest BCUT2D eigenvalue weighted by Crippen LogP contribution is 2.59. The largest absolute Gasteiger partial charge is 0.497 e. The van der Waals surface area contributed by atoms with Crippen LogP contribution in [0.25, 0.3) is 10.4 Å². The predicted octanol–water partition coefficient (Wildman–Crippen LogP) is 6.66. The summed E-state index contributed by atoms with van der Waals surface area (Å²) in [6.07, 6.45) is -0.790. The molecular weight excluding hydrogens is 409 g/mol. The summed E-state index contributed by atoms with van der Waals surface area (Å²) in [5, 5.41) is 3.74. The second-order valence-electron chi connectivity index (χ2n) is 8.07. The van der Waals surface area contributed by atoms with Gasteiger partial charge in [0.15, 0.2) is 14.1 Å². The maximum atomic E-state index is 13.6. The van der Waals surface area contributed by atoms with Gasteiger partial charge in [0.1, 0.15) is 5.75 Å². The molecule has 0 N–H and O–H groups in total. The van der Waals surface area contributed by atoms with Crippen LogP contribution in [-0.2, 0) is 18.0 Å². The van der Waals surface area contributed by atoms with Crippen molar-refractivity contribution in [1.29, 1.82) is 0 Å². The second-order valence-corrected chi connectivity index (χ2v) is 14.9.